The van der Waals surface area contributed by atoms with Crippen LogP contribution in [0.1, 0.15) is 5.56 Å². The van der Waals surface area contributed by atoms with Crippen LogP contribution in [0, 0.1) is 0 Å². The minimum atomic E-state index is -3.45. The van der Waals surface area contributed by atoms with Gasteiger partial charge in [-0.05, 0) is 11.6 Å². The van der Waals surface area contributed by atoms with Crippen LogP contribution in [-0.4, -0.2) is 43.7 Å². The third-order valence-electron chi connectivity index (χ3n) is 2.27. The normalized spacial score (nSPS) is 18.1. The van der Waals surface area contributed by atoms with Gasteiger partial charge in [-0.3, -0.25) is 0 Å². The van der Waals surface area contributed by atoms with Crippen LogP contribution in [0.25, 0.3) is 0 Å². The molecule has 0 bridgehead atoms. The summed E-state index contributed by atoms with van der Waals surface area (Å²) in [5.74, 6) is 0. The quantitative estimate of drug-likeness (QED) is 0.773. The summed E-state index contributed by atoms with van der Waals surface area (Å²) in [7, 11) is -3.45. The Labute approximate surface area is 110 Å². The molecule has 1 aliphatic heterocycles. The molecule has 18 heavy (non-hydrogen) atoms. The summed E-state index contributed by atoms with van der Waals surface area (Å²) in [5.41, 5.74) is 0.908. The second-order valence-corrected chi connectivity index (χ2v) is 5.90. The zero-order valence-corrected chi connectivity index (χ0v) is 11.3. The molecule has 0 N–H and O–H groups in total. The van der Waals surface area contributed by atoms with E-state index in [2.05, 4.69) is 9.38 Å². The number of pyridine rings is 1. The number of hydrogen-bond acceptors (Lipinski definition) is 4. The van der Waals surface area contributed by atoms with Crippen molar-refractivity contribution in [3.63, 3.8) is 0 Å². The Balaban J connectivity index is 2.13. The Morgan fingerprint density at radius 1 is 1.56 bits per heavy atom. The van der Waals surface area contributed by atoms with Gasteiger partial charge in [0.2, 0.25) is 0 Å². The Hall–Kier alpha value is -1.34. The van der Waals surface area contributed by atoms with E-state index in [1.807, 2.05) is 6.07 Å². The standard InChI is InChI=1S/C10H12ClN3O3S/c1-18(15,16)13-10-14(4-5-17-10)7-8-2-3-9(11)12-6-8/h2-3,6H,4-5,7H2,1H3. The lowest BCUT2D eigenvalue weighted by atomic mass is 10.3. The van der Waals surface area contributed by atoms with Gasteiger partial charge in [0.05, 0.1) is 12.8 Å². The maximum atomic E-state index is 11.1. The Kier molecular flexibility index (Phi) is 3.72. The molecule has 0 unspecified atom stereocenters. The predicted molar refractivity (Wildman–Crippen MR) is 67.9 cm³/mol. The molecule has 0 atom stereocenters. The third kappa shape index (κ3) is 3.58. The lowest BCUT2D eigenvalue weighted by molar-refractivity contribution is 0.352. The number of ether oxygens (including phenoxy) is 1. The highest BCUT2D eigenvalue weighted by molar-refractivity contribution is 7.89. The number of rotatable bonds is 3. The first kappa shape index (κ1) is 13.1. The second-order valence-electron chi connectivity index (χ2n) is 3.87. The van der Waals surface area contributed by atoms with E-state index >= 15 is 0 Å². The summed E-state index contributed by atoms with van der Waals surface area (Å²) >= 11 is 5.69. The molecule has 1 aromatic heterocycles. The van der Waals surface area contributed by atoms with E-state index in [1.165, 1.54) is 0 Å². The maximum absolute atomic E-state index is 11.1. The van der Waals surface area contributed by atoms with Gasteiger partial charge in [0.25, 0.3) is 10.0 Å². The van der Waals surface area contributed by atoms with Crippen LogP contribution in [0.3, 0.4) is 0 Å². The summed E-state index contributed by atoms with van der Waals surface area (Å²) < 4.78 is 30.9. The van der Waals surface area contributed by atoms with Gasteiger partial charge in [-0.2, -0.15) is 0 Å². The predicted octanol–water partition coefficient (Wildman–Crippen LogP) is 0.883. The van der Waals surface area contributed by atoms with Crippen molar-refractivity contribution < 1.29 is 13.2 Å². The first-order valence-corrected chi connectivity index (χ1v) is 7.45. The van der Waals surface area contributed by atoms with Gasteiger partial charge < -0.3 is 9.64 Å². The van der Waals surface area contributed by atoms with Crippen molar-refractivity contribution in [3.8, 4) is 0 Å². The van der Waals surface area contributed by atoms with Crippen LogP contribution >= 0.6 is 11.6 Å². The van der Waals surface area contributed by atoms with Crippen LogP contribution in [0.5, 0.6) is 0 Å². The van der Waals surface area contributed by atoms with Gasteiger partial charge >= 0.3 is 6.02 Å². The maximum Gasteiger partial charge on any atom is 0.303 e. The molecule has 1 aromatic rings. The molecule has 2 heterocycles. The smallest absolute Gasteiger partial charge is 0.303 e. The summed E-state index contributed by atoms with van der Waals surface area (Å²) in [6, 6.07) is 3.64. The molecule has 2 rings (SSSR count). The number of amidine groups is 1. The molecule has 8 heteroatoms. The van der Waals surface area contributed by atoms with E-state index in [1.54, 1.807) is 17.2 Å². The fraction of sp³-hybridized carbons (Fsp3) is 0.400. The number of sulfonamides is 1. The van der Waals surface area contributed by atoms with Crippen molar-refractivity contribution in [1.82, 2.24) is 9.88 Å². The minimum Gasteiger partial charge on any atom is -0.463 e. The van der Waals surface area contributed by atoms with E-state index in [-0.39, 0.29) is 6.02 Å². The number of hydrogen-bond donors (Lipinski definition) is 0. The first-order chi connectivity index (χ1) is 8.44. The van der Waals surface area contributed by atoms with Crippen LogP contribution in [0.2, 0.25) is 5.15 Å². The topological polar surface area (TPSA) is 71.9 Å². The van der Waals surface area contributed by atoms with Crippen molar-refractivity contribution >= 4 is 27.6 Å². The van der Waals surface area contributed by atoms with Gasteiger partial charge in [0.1, 0.15) is 11.8 Å². The van der Waals surface area contributed by atoms with E-state index in [0.717, 1.165) is 11.8 Å². The fourth-order valence-corrected chi connectivity index (χ4v) is 2.09. The van der Waals surface area contributed by atoms with E-state index in [0.29, 0.717) is 24.8 Å². The van der Waals surface area contributed by atoms with Gasteiger partial charge in [0, 0.05) is 12.7 Å². The highest BCUT2D eigenvalue weighted by Crippen LogP contribution is 2.12. The van der Waals surface area contributed by atoms with Crippen molar-refractivity contribution in [1.29, 1.82) is 0 Å². The molecule has 0 saturated carbocycles. The third-order valence-corrected chi connectivity index (χ3v) is 2.98. The molecule has 6 nitrogen and oxygen atoms in total. The van der Waals surface area contributed by atoms with Crippen molar-refractivity contribution in [2.45, 2.75) is 6.54 Å². The van der Waals surface area contributed by atoms with E-state index in [9.17, 15) is 8.42 Å². The molecule has 1 aliphatic rings. The molecule has 0 spiro atoms. The average molecular weight is 290 g/mol. The molecule has 1 saturated heterocycles. The van der Waals surface area contributed by atoms with Gasteiger partial charge in [-0.1, -0.05) is 17.7 Å². The van der Waals surface area contributed by atoms with Crippen LogP contribution in [0.4, 0.5) is 0 Å². The first-order valence-electron chi connectivity index (χ1n) is 5.22. The summed E-state index contributed by atoms with van der Waals surface area (Å²) in [4.78, 5) is 5.70. The van der Waals surface area contributed by atoms with Crippen LogP contribution in [0.15, 0.2) is 22.7 Å². The molecule has 0 amide bonds. The highest BCUT2D eigenvalue weighted by Gasteiger charge is 2.22. The van der Waals surface area contributed by atoms with Gasteiger partial charge in [-0.15, -0.1) is 4.40 Å². The number of nitrogens with zero attached hydrogens (tertiary/aromatic N) is 3. The Bertz CT molecular complexity index is 556. The molecule has 0 aliphatic carbocycles. The Morgan fingerprint density at radius 3 is 2.94 bits per heavy atom. The minimum absolute atomic E-state index is 0.132. The highest BCUT2D eigenvalue weighted by atomic mass is 35.5. The molecule has 1 fully saturated rings. The lowest BCUT2D eigenvalue weighted by Gasteiger charge is -2.15. The Morgan fingerprint density at radius 2 is 2.33 bits per heavy atom. The van der Waals surface area contributed by atoms with E-state index in [4.69, 9.17) is 16.3 Å². The molecule has 0 aromatic carbocycles. The zero-order chi connectivity index (χ0) is 13.2. The number of halogens is 1. The van der Waals surface area contributed by atoms with Crippen molar-refractivity contribution in [3.05, 3.63) is 29.0 Å². The van der Waals surface area contributed by atoms with Crippen LogP contribution in [-0.2, 0) is 21.3 Å². The number of aromatic nitrogens is 1. The SMILES string of the molecule is CS(=O)(=O)N=C1OCCN1Cc1ccc(Cl)nc1. The van der Waals surface area contributed by atoms with Crippen molar-refractivity contribution in [2.75, 3.05) is 19.4 Å². The molecule has 0 radical (unpaired) electrons. The second kappa shape index (κ2) is 5.11. The van der Waals surface area contributed by atoms with Gasteiger partial charge in [0.15, 0.2) is 0 Å². The molecular weight excluding hydrogens is 278 g/mol. The monoisotopic (exact) mass is 289 g/mol. The summed E-state index contributed by atoms with van der Waals surface area (Å²) in [6.07, 6.45) is 2.67. The fourth-order valence-electron chi connectivity index (χ4n) is 1.53. The lowest BCUT2D eigenvalue weighted by Crippen LogP contribution is -2.26. The molecule has 98 valence electrons. The average Bonchev–Trinajstić information content (AvgIpc) is 2.67. The molecular formula is C10H12ClN3O3S. The van der Waals surface area contributed by atoms with Gasteiger partial charge in [-0.25, -0.2) is 13.4 Å². The summed E-state index contributed by atoms with van der Waals surface area (Å²) in [5, 5.41) is 0.418. The van der Waals surface area contributed by atoms with E-state index < -0.39 is 10.0 Å². The van der Waals surface area contributed by atoms with Crippen LogP contribution < -0.4 is 0 Å². The largest absolute Gasteiger partial charge is 0.463 e. The summed E-state index contributed by atoms with van der Waals surface area (Å²) in [6.45, 7) is 1.50. The zero-order valence-electron chi connectivity index (χ0n) is 9.71. The van der Waals surface area contributed by atoms with Crippen molar-refractivity contribution in [2.24, 2.45) is 4.40 Å².